The van der Waals surface area contributed by atoms with Crippen molar-refractivity contribution in [1.82, 2.24) is 15.1 Å². The van der Waals surface area contributed by atoms with Crippen molar-refractivity contribution in [3.05, 3.63) is 0 Å². The van der Waals surface area contributed by atoms with Gasteiger partial charge in [-0.3, -0.25) is 9.69 Å². The second-order valence-electron chi connectivity index (χ2n) is 6.84. The molecule has 0 bridgehead atoms. The summed E-state index contributed by atoms with van der Waals surface area (Å²) in [7, 11) is 3.67. The number of nitrogens with zero attached hydrogens (tertiary/aromatic N) is 2. The standard InChI is InChI=1S/C16H31N3O/c1-13(14-6-4-5-7-14)17-15-8-10-19(11-9-15)12-16(20)18(2)3/h13-15,17H,4-12H2,1-3H3. The van der Waals surface area contributed by atoms with Crippen molar-refractivity contribution >= 4 is 5.91 Å². The number of likely N-dealkylation sites (N-methyl/N-ethyl adjacent to an activating group) is 1. The van der Waals surface area contributed by atoms with Crippen molar-refractivity contribution in [3.8, 4) is 0 Å². The molecule has 0 aromatic rings. The lowest BCUT2D eigenvalue weighted by molar-refractivity contribution is -0.130. The molecule has 2 rings (SSSR count). The van der Waals surface area contributed by atoms with Gasteiger partial charge in [0.1, 0.15) is 0 Å². The Labute approximate surface area is 123 Å². The van der Waals surface area contributed by atoms with E-state index in [1.165, 1.54) is 38.5 Å². The van der Waals surface area contributed by atoms with Crippen LogP contribution in [-0.2, 0) is 4.79 Å². The van der Waals surface area contributed by atoms with Crippen molar-refractivity contribution in [2.75, 3.05) is 33.7 Å². The first-order valence-electron chi connectivity index (χ1n) is 8.25. The Balaban J connectivity index is 1.67. The van der Waals surface area contributed by atoms with Crippen molar-refractivity contribution < 1.29 is 4.79 Å². The Morgan fingerprint density at radius 3 is 2.35 bits per heavy atom. The molecule has 0 aromatic heterocycles. The highest BCUT2D eigenvalue weighted by Crippen LogP contribution is 2.28. The lowest BCUT2D eigenvalue weighted by Crippen LogP contribution is -2.48. The van der Waals surface area contributed by atoms with E-state index < -0.39 is 0 Å². The molecule has 20 heavy (non-hydrogen) atoms. The van der Waals surface area contributed by atoms with Gasteiger partial charge in [0.25, 0.3) is 0 Å². The normalized spacial score (nSPS) is 23.9. The fourth-order valence-electron chi connectivity index (χ4n) is 3.56. The zero-order chi connectivity index (χ0) is 14.5. The number of piperidine rings is 1. The van der Waals surface area contributed by atoms with Crippen molar-refractivity contribution in [2.24, 2.45) is 5.92 Å². The van der Waals surface area contributed by atoms with Gasteiger partial charge in [-0.25, -0.2) is 0 Å². The summed E-state index contributed by atoms with van der Waals surface area (Å²) in [4.78, 5) is 15.7. The van der Waals surface area contributed by atoms with Gasteiger partial charge in [0.2, 0.25) is 5.91 Å². The summed E-state index contributed by atoms with van der Waals surface area (Å²) in [5.74, 6) is 1.11. The van der Waals surface area contributed by atoms with Gasteiger partial charge < -0.3 is 10.2 Å². The number of nitrogens with one attached hydrogen (secondary N) is 1. The van der Waals surface area contributed by atoms with Crippen LogP contribution >= 0.6 is 0 Å². The second-order valence-corrected chi connectivity index (χ2v) is 6.84. The Morgan fingerprint density at radius 2 is 1.80 bits per heavy atom. The molecule has 2 aliphatic rings. The quantitative estimate of drug-likeness (QED) is 0.833. The van der Waals surface area contributed by atoms with Gasteiger partial charge in [-0.05, 0) is 38.5 Å². The van der Waals surface area contributed by atoms with Gasteiger partial charge >= 0.3 is 0 Å². The van der Waals surface area contributed by atoms with Crippen LogP contribution in [0.1, 0.15) is 45.4 Å². The number of amides is 1. The van der Waals surface area contributed by atoms with Crippen LogP contribution in [-0.4, -0.2) is 61.5 Å². The smallest absolute Gasteiger partial charge is 0.236 e. The molecule has 1 aliphatic heterocycles. The molecule has 2 fully saturated rings. The van der Waals surface area contributed by atoms with E-state index in [9.17, 15) is 4.79 Å². The van der Waals surface area contributed by atoms with E-state index in [4.69, 9.17) is 0 Å². The van der Waals surface area contributed by atoms with Crippen LogP contribution in [0, 0.1) is 5.92 Å². The largest absolute Gasteiger partial charge is 0.348 e. The Hall–Kier alpha value is -0.610. The predicted octanol–water partition coefficient (Wildman–Crippen LogP) is 1.71. The number of rotatable bonds is 5. The first-order valence-corrected chi connectivity index (χ1v) is 8.25. The maximum absolute atomic E-state index is 11.7. The second kappa shape index (κ2) is 7.41. The fourth-order valence-corrected chi connectivity index (χ4v) is 3.56. The summed E-state index contributed by atoms with van der Waals surface area (Å²) in [5.41, 5.74) is 0. The van der Waals surface area contributed by atoms with E-state index in [2.05, 4.69) is 17.1 Å². The van der Waals surface area contributed by atoms with Gasteiger partial charge in [0, 0.05) is 39.3 Å². The van der Waals surface area contributed by atoms with Gasteiger partial charge in [-0.15, -0.1) is 0 Å². The van der Waals surface area contributed by atoms with E-state index in [-0.39, 0.29) is 5.91 Å². The van der Waals surface area contributed by atoms with Crippen LogP contribution in [0.4, 0.5) is 0 Å². The van der Waals surface area contributed by atoms with E-state index >= 15 is 0 Å². The molecular weight excluding hydrogens is 250 g/mol. The summed E-state index contributed by atoms with van der Waals surface area (Å²) in [6.07, 6.45) is 8.01. The molecule has 4 nitrogen and oxygen atoms in total. The van der Waals surface area contributed by atoms with Crippen LogP contribution in [0.5, 0.6) is 0 Å². The lowest BCUT2D eigenvalue weighted by atomic mass is 9.96. The third kappa shape index (κ3) is 4.45. The van der Waals surface area contributed by atoms with Gasteiger partial charge in [0.15, 0.2) is 0 Å². The SMILES string of the molecule is CC(NC1CCN(CC(=O)N(C)C)CC1)C1CCCC1. The summed E-state index contributed by atoms with van der Waals surface area (Å²) in [6, 6.07) is 1.31. The zero-order valence-electron chi connectivity index (χ0n) is 13.4. The van der Waals surface area contributed by atoms with Crippen LogP contribution in [0.3, 0.4) is 0 Å². The third-order valence-electron chi connectivity index (χ3n) is 5.05. The Kier molecular flexibility index (Phi) is 5.85. The summed E-state index contributed by atoms with van der Waals surface area (Å²) in [6.45, 7) is 5.04. The van der Waals surface area contributed by atoms with Gasteiger partial charge in [-0.1, -0.05) is 12.8 Å². The summed E-state index contributed by atoms with van der Waals surface area (Å²) < 4.78 is 0. The van der Waals surface area contributed by atoms with E-state index in [1.807, 2.05) is 14.1 Å². The molecule has 0 radical (unpaired) electrons. The van der Waals surface area contributed by atoms with Crippen molar-refractivity contribution in [3.63, 3.8) is 0 Å². The van der Waals surface area contributed by atoms with E-state index in [0.717, 1.165) is 19.0 Å². The molecule has 4 heteroatoms. The zero-order valence-corrected chi connectivity index (χ0v) is 13.4. The van der Waals surface area contributed by atoms with E-state index in [1.54, 1.807) is 4.90 Å². The molecular formula is C16H31N3O. The maximum atomic E-state index is 11.7. The molecule has 0 aromatic carbocycles. The average Bonchev–Trinajstić information content (AvgIpc) is 2.95. The van der Waals surface area contributed by atoms with Crippen molar-refractivity contribution in [1.29, 1.82) is 0 Å². The molecule has 116 valence electrons. The first kappa shape index (κ1) is 15.8. The Morgan fingerprint density at radius 1 is 1.20 bits per heavy atom. The third-order valence-corrected chi connectivity index (χ3v) is 5.05. The maximum Gasteiger partial charge on any atom is 0.236 e. The van der Waals surface area contributed by atoms with Crippen LogP contribution in [0.25, 0.3) is 0 Å². The van der Waals surface area contributed by atoms with Gasteiger partial charge in [0.05, 0.1) is 6.54 Å². The van der Waals surface area contributed by atoms with Crippen molar-refractivity contribution in [2.45, 2.75) is 57.5 Å². The highest BCUT2D eigenvalue weighted by atomic mass is 16.2. The molecule has 1 N–H and O–H groups in total. The van der Waals surface area contributed by atoms with E-state index in [0.29, 0.717) is 18.6 Å². The number of likely N-dealkylation sites (tertiary alicyclic amines) is 1. The number of carbonyl (C=O) groups is 1. The molecule has 1 atom stereocenters. The number of carbonyl (C=O) groups excluding carboxylic acids is 1. The minimum Gasteiger partial charge on any atom is -0.348 e. The summed E-state index contributed by atoms with van der Waals surface area (Å²) in [5, 5.41) is 3.84. The molecule has 1 unspecified atom stereocenters. The first-order chi connectivity index (χ1) is 9.56. The summed E-state index contributed by atoms with van der Waals surface area (Å²) >= 11 is 0. The highest BCUT2D eigenvalue weighted by molar-refractivity contribution is 5.77. The molecule has 1 saturated heterocycles. The molecule has 1 amide bonds. The molecule has 1 aliphatic carbocycles. The molecule has 1 saturated carbocycles. The predicted molar refractivity (Wildman–Crippen MR) is 82.7 cm³/mol. The minimum absolute atomic E-state index is 0.218. The minimum atomic E-state index is 0.218. The topological polar surface area (TPSA) is 35.6 Å². The lowest BCUT2D eigenvalue weighted by Gasteiger charge is -2.35. The fraction of sp³-hybridized carbons (Fsp3) is 0.938. The molecule has 0 spiro atoms. The monoisotopic (exact) mass is 281 g/mol. The highest BCUT2D eigenvalue weighted by Gasteiger charge is 2.26. The van der Waals surface area contributed by atoms with Gasteiger partial charge in [-0.2, -0.15) is 0 Å². The average molecular weight is 281 g/mol. The molecule has 1 heterocycles. The van der Waals surface area contributed by atoms with Crippen LogP contribution in [0.2, 0.25) is 0 Å². The Bertz CT molecular complexity index is 305. The number of hydrogen-bond donors (Lipinski definition) is 1. The van der Waals surface area contributed by atoms with Crippen LogP contribution < -0.4 is 5.32 Å². The number of hydrogen-bond acceptors (Lipinski definition) is 3. The van der Waals surface area contributed by atoms with Crippen LogP contribution in [0.15, 0.2) is 0 Å².